The molecular weight excluding hydrogens is 406 g/mol. The van der Waals surface area contributed by atoms with Gasteiger partial charge in [-0.05, 0) is 48.0 Å². The summed E-state index contributed by atoms with van der Waals surface area (Å²) in [6.45, 7) is 12.3. The van der Waals surface area contributed by atoms with E-state index in [9.17, 15) is 14.4 Å². The topological polar surface area (TPSA) is 109 Å². The molecule has 0 aromatic carbocycles. The Bertz CT molecular complexity index is 747. The Morgan fingerprint density at radius 1 is 1.10 bits per heavy atom. The highest BCUT2D eigenvalue weighted by Crippen LogP contribution is 2.17. The molecule has 0 saturated heterocycles. The molecule has 0 bridgehead atoms. The van der Waals surface area contributed by atoms with E-state index in [0.717, 1.165) is 4.90 Å². The number of aromatic nitrogens is 2. The van der Waals surface area contributed by atoms with E-state index >= 15 is 0 Å². The number of imidazole rings is 1. The van der Waals surface area contributed by atoms with Crippen molar-refractivity contribution in [1.29, 1.82) is 0 Å². The number of hydrogen-bond donors (Lipinski definition) is 0. The molecule has 1 rings (SSSR count). The SMILES string of the molecule is CCCOC(=O)[C@H](Cc1cn(C(=O)OC(C)(C)C)cn1)N(COC)C(=O)OC(C)(C)C. The van der Waals surface area contributed by atoms with Crippen LogP contribution in [-0.2, 0) is 30.2 Å². The number of nitrogens with zero attached hydrogens (tertiary/aromatic N) is 3. The average molecular weight is 442 g/mol. The molecule has 0 fully saturated rings. The lowest BCUT2D eigenvalue weighted by Crippen LogP contribution is -2.49. The predicted molar refractivity (Wildman–Crippen MR) is 113 cm³/mol. The van der Waals surface area contributed by atoms with Gasteiger partial charge >= 0.3 is 18.2 Å². The molecule has 0 aliphatic carbocycles. The van der Waals surface area contributed by atoms with E-state index in [1.54, 1.807) is 41.5 Å². The molecule has 1 aromatic rings. The Balaban J connectivity index is 3.14. The molecule has 0 unspecified atom stereocenters. The molecular formula is C21H35N3O7. The van der Waals surface area contributed by atoms with Gasteiger partial charge in [0.25, 0.3) is 0 Å². The lowest BCUT2D eigenvalue weighted by Gasteiger charge is -2.31. The first kappa shape index (κ1) is 26.4. The van der Waals surface area contributed by atoms with Crippen LogP contribution in [0.25, 0.3) is 0 Å². The van der Waals surface area contributed by atoms with Crippen molar-refractivity contribution < 1.29 is 33.3 Å². The highest BCUT2D eigenvalue weighted by molar-refractivity contribution is 5.82. The molecule has 1 aromatic heterocycles. The maximum Gasteiger partial charge on any atom is 0.419 e. The van der Waals surface area contributed by atoms with Crippen molar-refractivity contribution in [3.05, 3.63) is 18.2 Å². The zero-order valence-corrected chi connectivity index (χ0v) is 19.8. The highest BCUT2D eigenvalue weighted by atomic mass is 16.6. The first-order chi connectivity index (χ1) is 14.3. The minimum Gasteiger partial charge on any atom is -0.464 e. The van der Waals surface area contributed by atoms with Crippen LogP contribution in [0.5, 0.6) is 0 Å². The average Bonchev–Trinajstić information content (AvgIpc) is 3.08. The summed E-state index contributed by atoms with van der Waals surface area (Å²) in [5.74, 6) is -0.614. The fourth-order valence-corrected chi connectivity index (χ4v) is 2.43. The van der Waals surface area contributed by atoms with Gasteiger partial charge in [-0.3, -0.25) is 4.90 Å². The maximum absolute atomic E-state index is 12.8. The van der Waals surface area contributed by atoms with Crippen LogP contribution >= 0.6 is 0 Å². The second-order valence-corrected chi connectivity index (χ2v) is 9.01. The molecule has 10 heteroatoms. The predicted octanol–water partition coefficient (Wildman–Crippen LogP) is 3.37. The van der Waals surface area contributed by atoms with Gasteiger partial charge < -0.3 is 18.9 Å². The van der Waals surface area contributed by atoms with Crippen LogP contribution in [0.15, 0.2) is 12.5 Å². The molecule has 0 aliphatic heterocycles. The quantitative estimate of drug-likeness (QED) is 0.343. The molecule has 31 heavy (non-hydrogen) atoms. The summed E-state index contributed by atoms with van der Waals surface area (Å²) < 4.78 is 22.3. The van der Waals surface area contributed by atoms with Crippen molar-refractivity contribution >= 4 is 18.2 Å². The molecule has 1 amide bonds. The van der Waals surface area contributed by atoms with Gasteiger partial charge in [-0.1, -0.05) is 6.92 Å². The number of amides is 1. The third-order valence-corrected chi connectivity index (χ3v) is 3.64. The fourth-order valence-electron chi connectivity index (χ4n) is 2.43. The van der Waals surface area contributed by atoms with Crippen LogP contribution in [0.2, 0.25) is 0 Å². The third kappa shape index (κ3) is 9.37. The van der Waals surface area contributed by atoms with Crippen molar-refractivity contribution in [3.8, 4) is 0 Å². The molecule has 0 saturated carbocycles. The molecule has 1 heterocycles. The monoisotopic (exact) mass is 441 g/mol. The van der Waals surface area contributed by atoms with Crippen molar-refractivity contribution in [3.63, 3.8) is 0 Å². The Labute approximate surface area is 183 Å². The number of ether oxygens (including phenoxy) is 4. The standard InChI is InChI=1S/C21H35N3O7/c1-9-10-29-17(25)16(24(14-28-8)19(27)31-21(5,6)7)11-15-12-23(13-22-15)18(26)30-20(2,3)4/h12-13,16H,9-11,14H2,1-8H3/t16-/m0/s1. The summed E-state index contributed by atoms with van der Waals surface area (Å²) in [7, 11) is 1.41. The Morgan fingerprint density at radius 3 is 2.23 bits per heavy atom. The van der Waals surface area contributed by atoms with Crippen LogP contribution in [0.1, 0.15) is 60.6 Å². The van der Waals surface area contributed by atoms with Crippen molar-refractivity contribution in [2.45, 2.75) is 78.6 Å². The largest absolute Gasteiger partial charge is 0.464 e. The van der Waals surface area contributed by atoms with E-state index < -0.39 is 35.4 Å². The van der Waals surface area contributed by atoms with Crippen LogP contribution < -0.4 is 0 Å². The van der Waals surface area contributed by atoms with Gasteiger partial charge in [0.05, 0.1) is 12.3 Å². The second-order valence-electron chi connectivity index (χ2n) is 9.01. The summed E-state index contributed by atoms with van der Waals surface area (Å²) in [5, 5.41) is 0. The Hall–Kier alpha value is -2.62. The van der Waals surface area contributed by atoms with E-state index in [1.807, 2.05) is 6.92 Å². The Morgan fingerprint density at radius 2 is 1.71 bits per heavy atom. The maximum atomic E-state index is 12.8. The van der Waals surface area contributed by atoms with Gasteiger partial charge in [-0.2, -0.15) is 0 Å². The zero-order valence-electron chi connectivity index (χ0n) is 19.8. The van der Waals surface area contributed by atoms with E-state index in [2.05, 4.69) is 4.98 Å². The fraction of sp³-hybridized carbons (Fsp3) is 0.714. The Kier molecular flexibility index (Phi) is 9.48. The third-order valence-electron chi connectivity index (χ3n) is 3.64. The van der Waals surface area contributed by atoms with Gasteiger partial charge in [-0.25, -0.2) is 23.9 Å². The summed E-state index contributed by atoms with van der Waals surface area (Å²) in [4.78, 5) is 43.1. The zero-order chi connectivity index (χ0) is 23.8. The van der Waals surface area contributed by atoms with E-state index in [-0.39, 0.29) is 19.8 Å². The van der Waals surface area contributed by atoms with Crippen molar-refractivity contribution in [2.75, 3.05) is 20.4 Å². The number of hydrogen-bond acceptors (Lipinski definition) is 8. The smallest absolute Gasteiger partial charge is 0.419 e. The number of rotatable bonds is 8. The minimum absolute atomic E-state index is 0.000941. The van der Waals surface area contributed by atoms with Gasteiger partial charge in [0.1, 0.15) is 30.3 Å². The van der Waals surface area contributed by atoms with Gasteiger partial charge in [0, 0.05) is 19.7 Å². The number of carbonyl (C=O) groups excluding carboxylic acids is 3. The number of methoxy groups -OCH3 is 1. The molecule has 1 atom stereocenters. The minimum atomic E-state index is -1.05. The molecule has 0 N–H and O–H groups in total. The first-order valence-corrected chi connectivity index (χ1v) is 10.2. The van der Waals surface area contributed by atoms with E-state index in [1.165, 1.54) is 24.2 Å². The van der Waals surface area contributed by atoms with Gasteiger partial charge in [-0.15, -0.1) is 0 Å². The molecule has 176 valence electrons. The summed E-state index contributed by atoms with van der Waals surface area (Å²) in [6, 6.07) is -1.05. The lowest BCUT2D eigenvalue weighted by atomic mass is 10.1. The molecule has 0 spiro atoms. The lowest BCUT2D eigenvalue weighted by molar-refractivity contribution is -0.151. The number of esters is 1. The van der Waals surface area contributed by atoms with Crippen molar-refractivity contribution in [1.82, 2.24) is 14.5 Å². The van der Waals surface area contributed by atoms with Crippen LogP contribution in [0, 0.1) is 0 Å². The van der Waals surface area contributed by atoms with Crippen LogP contribution in [0.3, 0.4) is 0 Å². The highest BCUT2D eigenvalue weighted by Gasteiger charge is 2.35. The molecule has 10 nitrogen and oxygen atoms in total. The summed E-state index contributed by atoms with van der Waals surface area (Å²) in [6.07, 6.45) is 2.06. The summed E-state index contributed by atoms with van der Waals surface area (Å²) in [5.41, 5.74) is -1.03. The summed E-state index contributed by atoms with van der Waals surface area (Å²) >= 11 is 0. The molecule has 0 aliphatic rings. The van der Waals surface area contributed by atoms with Crippen LogP contribution in [0.4, 0.5) is 9.59 Å². The van der Waals surface area contributed by atoms with E-state index in [0.29, 0.717) is 12.1 Å². The first-order valence-electron chi connectivity index (χ1n) is 10.2. The normalized spacial score (nSPS) is 12.8. The number of carbonyl (C=O) groups is 3. The van der Waals surface area contributed by atoms with Gasteiger partial charge in [0.15, 0.2) is 0 Å². The molecule has 0 radical (unpaired) electrons. The van der Waals surface area contributed by atoms with Crippen LogP contribution in [-0.4, -0.2) is 70.3 Å². The van der Waals surface area contributed by atoms with Gasteiger partial charge in [0.2, 0.25) is 0 Å². The van der Waals surface area contributed by atoms with E-state index in [4.69, 9.17) is 18.9 Å². The van der Waals surface area contributed by atoms with Crippen molar-refractivity contribution in [2.24, 2.45) is 0 Å². The second kappa shape index (κ2) is 11.1.